The van der Waals surface area contributed by atoms with Gasteiger partial charge in [-0.2, -0.15) is 13.2 Å². The van der Waals surface area contributed by atoms with Crippen molar-refractivity contribution in [3.63, 3.8) is 0 Å². The van der Waals surface area contributed by atoms with Gasteiger partial charge in [0.15, 0.2) is 0 Å². The molecule has 1 saturated heterocycles. The van der Waals surface area contributed by atoms with Gasteiger partial charge in [-0.25, -0.2) is 4.39 Å². The Kier molecular flexibility index (Phi) is 5.65. The standard InChI is InChI=1S/C16H22F4N2O/c1-11-7-13(17)3-4-14(11)15(23)9-21-5-6-22(12(2)8-21)10-16(18,19)20/h3-4,7,12,15,23H,5-6,8-10H2,1-2H3. The Morgan fingerprint density at radius 1 is 1.30 bits per heavy atom. The number of aliphatic hydroxyl groups excluding tert-OH is 1. The van der Waals surface area contributed by atoms with Crippen molar-refractivity contribution >= 4 is 0 Å². The minimum atomic E-state index is -4.19. The Balaban J connectivity index is 1.92. The molecule has 0 amide bonds. The smallest absolute Gasteiger partial charge is 0.387 e. The van der Waals surface area contributed by atoms with Gasteiger partial charge in [0.1, 0.15) is 5.82 Å². The number of β-amino-alcohol motifs (C(OH)–C–C–N with tert-alkyl or cyclic N) is 1. The van der Waals surface area contributed by atoms with E-state index in [9.17, 15) is 22.7 Å². The lowest BCUT2D eigenvalue weighted by molar-refractivity contribution is -0.155. The van der Waals surface area contributed by atoms with Gasteiger partial charge in [0.25, 0.3) is 0 Å². The Labute approximate surface area is 133 Å². The molecule has 1 aliphatic heterocycles. The van der Waals surface area contributed by atoms with Crippen LogP contribution in [-0.2, 0) is 0 Å². The monoisotopic (exact) mass is 334 g/mol. The van der Waals surface area contributed by atoms with E-state index < -0.39 is 18.8 Å². The highest BCUT2D eigenvalue weighted by Gasteiger charge is 2.35. The molecule has 2 rings (SSSR count). The molecule has 7 heteroatoms. The molecule has 1 aromatic rings. The summed E-state index contributed by atoms with van der Waals surface area (Å²) < 4.78 is 50.6. The van der Waals surface area contributed by atoms with Crippen LogP contribution >= 0.6 is 0 Å². The van der Waals surface area contributed by atoms with Gasteiger partial charge in [0.2, 0.25) is 0 Å². The largest absolute Gasteiger partial charge is 0.401 e. The maximum Gasteiger partial charge on any atom is 0.401 e. The van der Waals surface area contributed by atoms with Crippen LogP contribution < -0.4 is 0 Å². The maximum absolute atomic E-state index is 13.1. The number of aryl methyl sites for hydroxylation is 1. The zero-order valence-electron chi connectivity index (χ0n) is 13.3. The van der Waals surface area contributed by atoms with Crippen LogP contribution in [0.2, 0.25) is 0 Å². The summed E-state index contributed by atoms with van der Waals surface area (Å²) in [5.74, 6) is -0.354. The first-order chi connectivity index (χ1) is 10.7. The predicted octanol–water partition coefficient (Wildman–Crippen LogP) is 2.74. The molecule has 3 nitrogen and oxygen atoms in total. The highest BCUT2D eigenvalue weighted by atomic mass is 19.4. The van der Waals surface area contributed by atoms with E-state index in [2.05, 4.69) is 0 Å². The zero-order valence-corrected chi connectivity index (χ0v) is 13.3. The lowest BCUT2D eigenvalue weighted by Gasteiger charge is -2.40. The Morgan fingerprint density at radius 2 is 2.00 bits per heavy atom. The number of aliphatic hydroxyl groups is 1. The minimum Gasteiger partial charge on any atom is -0.387 e. The van der Waals surface area contributed by atoms with Gasteiger partial charge in [-0.15, -0.1) is 0 Å². The van der Waals surface area contributed by atoms with E-state index in [-0.39, 0.29) is 11.9 Å². The Hall–Kier alpha value is -1.18. The van der Waals surface area contributed by atoms with Crippen molar-refractivity contribution in [1.82, 2.24) is 9.80 Å². The second-order valence-corrected chi connectivity index (χ2v) is 6.21. The quantitative estimate of drug-likeness (QED) is 0.858. The van der Waals surface area contributed by atoms with Crippen LogP contribution in [0.25, 0.3) is 0 Å². The first-order valence-corrected chi connectivity index (χ1v) is 7.63. The van der Waals surface area contributed by atoms with Crippen LogP contribution in [0.3, 0.4) is 0 Å². The molecule has 0 spiro atoms. The number of rotatable bonds is 4. The molecule has 1 heterocycles. The van der Waals surface area contributed by atoms with Crippen LogP contribution in [0.4, 0.5) is 17.6 Å². The molecule has 1 N–H and O–H groups in total. The number of nitrogens with zero attached hydrogens (tertiary/aromatic N) is 2. The summed E-state index contributed by atoms with van der Waals surface area (Å²) in [6.07, 6.45) is -4.97. The maximum atomic E-state index is 13.1. The third-order valence-electron chi connectivity index (χ3n) is 4.25. The van der Waals surface area contributed by atoms with Crippen LogP contribution in [0.5, 0.6) is 0 Å². The number of hydrogen-bond donors (Lipinski definition) is 1. The molecular formula is C16H22F4N2O. The highest BCUT2D eigenvalue weighted by molar-refractivity contribution is 5.28. The first kappa shape index (κ1) is 18.2. The molecular weight excluding hydrogens is 312 g/mol. The van der Waals surface area contributed by atoms with Crippen LogP contribution in [0.15, 0.2) is 18.2 Å². The van der Waals surface area contributed by atoms with E-state index in [4.69, 9.17) is 0 Å². The van der Waals surface area contributed by atoms with Gasteiger partial charge in [0, 0.05) is 32.2 Å². The number of piperazine rings is 1. The van der Waals surface area contributed by atoms with E-state index in [0.29, 0.717) is 37.3 Å². The fraction of sp³-hybridized carbons (Fsp3) is 0.625. The van der Waals surface area contributed by atoms with E-state index in [1.165, 1.54) is 17.0 Å². The number of halogens is 4. The van der Waals surface area contributed by atoms with Gasteiger partial charge >= 0.3 is 6.18 Å². The van der Waals surface area contributed by atoms with E-state index in [0.717, 1.165) is 0 Å². The van der Waals surface area contributed by atoms with Crippen molar-refractivity contribution < 1.29 is 22.7 Å². The summed E-state index contributed by atoms with van der Waals surface area (Å²) in [7, 11) is 0. The zero-order chi connectivity index (χ0) is 17.2. The summed E-state index contributed by atoms with van der Waals surface area (Å²) in [4.78, 5) is 3.36. The lowest BCUT2D eigenvalue weighted by Crippen LogP contribution is -2.54. The van der Waals surface area contributed by atoms with Crippen molar-refractivity contribution in [2.45, 2.75) is 32.2 Å². The van der Waals surface area contributed by atoms with Crippen molar-refractivity contribution in [3.05, 3.63) is 35.1 Å². The van der Waals surface area contributed by atoms with E-state index in [1.54, 1.807) is 19.9 Å². The molecule has 2 atom stereocenters. The number of benzene rings is 1. The average molecular weight is 334 g/mol. The average Bonchev–Trinajstić information content (AvgIpc) is 2.40. The highest BCUT2D eigenvalue weighted by Crippen LogP contribution is 2.23. The van der Waals surface area contributed by atoms with Crippen molar-refractivity contribution in [2.75, 3.05) is 32.7 Å². The van der Waals surface area contributed by atoms with Gasteiger partial charge in [-0.3, -0.25) is 9.80 Å². The molecule has 1 fully saturated rings. The molecule has 1 aromatic carbocycles. The topological polar surface area (TPSA) is 26.7 Å². The van der Waals surface area contributed by atoms with Crippen molar-refractivity contribution in [2.24, 2.45) is 0 Å². The lowest BCUT2D eigenvalue weighted by atomic mass is 10.0. The second kappa shape index (κ2) is 7.15. The van der Waals surface area contributed by atoms with Crippen molar-refractivity contribution in [1.29, 1.82) is 0 Å². The molecule has 130 valence electrons. The number of hydrogen-bond acceptors (Lipinski definition) is 3. The Morgan fingerprint density at radius 3 is 2.57 bits per heavy atom. The molecule has 23 heavy (non-hydrogen) atoms. The van der Waals surface area contributed by atoms with E-state index in [1.807, 2.05) is 4.90 Å². The molecule has 2 unspecified atom stereocenters. The summed E-state index contributed by atoms with van der Waals surface area (Å²) >= 11 is 0. The third kappa shape index (κ3) is 5.16. The normalized spacial score (nSPS) is 22.3. The van der Waals surface area contributed by atoms with E-state index >= 15 is 0 Å². The number of alkyl halides is 3. The first-order valence-electron chi connectivity index (χ1n) is 7.63. The SMILES string of the molecule is Cc1cc(F)ccc1C(O)CN1CCN(CC(F)(F)F)C(C)C1. The van der Waals surface area contributed by atoms with Gasteiger partial charge in [-0.05, 0) is 37.1 Å². The molecule has 0 bridgehead atoms. The fourth-order valence-electron chi connectivity index (χ4n) is 3.06. The van der Waals surface area contributed by atoms with Gasteiger partial charge < -0.3 is 5.11 Å². The Bertz CT molecular complexity index is 535. The van der Waals surface area contributed by atoms with Crippen LogP contribution in [-0.4, -0.2) is 59.8 Å². The third-order valence-corrected chi connectivity index (χ3v) is 4.25. The van der Waals surface area contributed by atoms with Crippen molar-refractivity contribution in [3.8, 4) is 0 Å². The van der Waals surface area contributed by atoms with Crippen LogP contribution in [0.1, 0.15) is 24.2 Å². The van der Waals surface area contributed by atoms with Gasteiger partial charge in [-0.1, -0.05) is 6.07 Å². The summed E-state index contributed by atoms with van der Waals surface area (Å²) in [6, 6.07) is 3.99. The predicted molar refractivity (Wildman–Crippen MR) is 79.6 cm³/mol. The minimum absolute atomic E-state index is 0.230. The summed E-state index contributed by atoms with van der Waals surface area (Å²) in [6.45, 7) is 4.16. The summed E-state index contributed by atoms with van der Waals surface area (Å²) in [5.41, 5.74) is 1.32. The fourth-order valence-corrected chi connectivity index (χ4v) is 3.06. The van der Waals surface area contributed by atoms with Gasteiger partial charge in [0.05, 0.1) is 12.6 Å². The molecule has 0 aliphatic carbocycles. The second-order valence-electron chi connectivity index (χ2n) is 6.21. The molecule has 0 aromatic heterocycles. The summed E-state index contributed by atoms with van der Waals surface area (Å²) in [5, 5.41) is 10.3. The molecule has 0 radical (unpaired) electrons. The molecule has 0 saturated carbocycles. The van der Waals surface area contributed by atoms with Crippen LogP contribution in [0, 0.1) is 12.7 Å². The molecule has 1 aliphatic rings.